The molecule has 1 spiro atoms. The molecule has 3 heterocycles. The van der Waals surface area contributed by atoms with Gasteiger partial charge in [-0.25, -0.2) is 0 Å². The number of nitrogens with one attached hydrogen (secondary N) is 2. The quantitative estimate of drug-likeness (QED) is 0.272. The molecule has 37 heavy (non-hydrogen) atoms. The van der Waals surface area contributed by atoms with Crippen LogP contribution in [0, 0.1) is 18.3 Å². The fraction of sp³-hybridized carbons (Fsp3) is 0.400. The second-order valence-corrected chi connectivity index (χ2v) is 10.5. The van der Waals surface area contributed by atoms with Gasteiger partial charge in [0.1, 0.15) is 5.84 Å². The van der Waals surface area contributed by atoms with Crippen molar-refractivity contribution in [3.8, 4) is 0 Å². The fourth-order valence-electron chi connectivity index (χ4n) is 5.23. The summed E-state index contributed by atoms with van der Waals surface area (Å²) in [7, 11) is 1.85. The number of allylic oxidation sites excluding steroid dienone is 2. The zero-order chi connectivity index (χ0) is 26.0. The number of hydrogen-bond acceptors (Lipinski definition) is 6. The fourth-order valence-corrected chi connectivity index (χ4v) is 5.23. The largest absolute Gasteiger partial charge is 0.404 e. The highest BCUT2D eigenvalue weighted by atomic mass is 16.5. The van der Waals surface area contributed by atoms with Crippen LogP contribution >= 0.6 is 0 Å². The average molecular weight is 499 g/mol. The van der Waals surface area contributed by atoms with Gasteiger partial charge in [-0.05, 0) is 56.0 Å². The van der Waals surface area contributed by atoms with Crippen LogP contribution in [-0.2, 0) is 4.74 Å². The van der Waals surface area contributed by atoms with Gasteiger partial charge in [0.25, 0.3) is 0 Å². The van der Waals surface area contributed by atoms with E-state index in [9.17, 15) is 0 Å². The maximum atomic E-state index is 6.16. The van der Waals surface area contributed by atoms with Gasteiger partial charge in [0.05, 0.1) is 24.3 Å². The first-order valence-electron chi connectivity index (χ1n) is 13.1. The van der Waals surface area contributed by atoms with Crippen molar-refractivity contribution >= 4 is 28.5 Å². The third-order valence-corrected chi connectivity index (χ3v) is 7.87. The van der Waals surface area contributed by atoms with Crippen molar-refractivity contribution in [2.24, 2.45) is 22.1 Å². The Morgan fingerprint density at radius 1 is 1.24 bits per heavy atom. The van der Waals surface area contributed by atoms with Gasteiger partial charge in [-0.15, -0.1) is 0 Å². The third-order valence-electron chi connectivity index (χ3n) is 7.87. The van der Waals surface area contributed by atoms with Crippen LogP contribution in [0.4, 0.5) is 11.4 Å². The molecule has 0 radical (unpaired) electrons. The molecule has 1 aliphatic carbocycles. The SMILES string of the molecule is C=C(NC(=NC)C1CCC1)c1ccc(C)c(NC(=C\C)/C(=C/N)c2cc(N3CC4(COC4)C3)ccn2)c1. The highest BCUT2D eigenvalue weighted by molar-refractivity contribution is 5.93. The van der Waals surface area contributed by atoms with Crippen LogP contribution in [0.5, 0.6) is 0 Å². The van der Waals surface area contributed by atoms with Gasteiger partial charge < -0.3 is 26.0 Å². The normalized spacial score (nSPS) is 19.6. The van der Waals surface area contributed by atoms with Gasteiger partial charge in [-0.1, -0.05) is 31.2 Å². The van der Waals surface area contributed by atoms with E-state index in [0.29, 0.717) is 11.3 Å². The molecule has 0 atom stereocenters. The Kier molecular flexibility index (Phi) is 7.07. The number of nitrogens with two attached hydrogens (primary N) is 1. The molecule has 0 amide bonds. The van der Waals surface area contributed by atoms with Crippen molar-refractivity contribution in [2.45, 2.75) is 33.1 Å². The van der Waals surface area contributed by atoms with E-state index in [1.165, 1.54) is 19.3 Å². The molecule has 7 heteroatoms. The van der Waals surface area contributed by atoms with Gasteiger partial charge in [0.15, 0.2) is 0 Å². The lowest BCUT2D eigenvalue weighted by Crippen LogP contribution is -2.66. The minimum Gasteiger partial charge on any atom is -0.404 e. The van der Waals surface area contributed by atoms with E-state index in [4.69, 9.17) is 10.5 Å². The van der Waals surface area contributed by atoms with Gasteiger partial charge in [-0.3, -0.25) is 9.98 Å². The summed E-state index contributed by atoms with van der Waals surface area (Å²) in [6, 6.07) is 10.5. The summed E-state index contributed by atoms with van der Waals surface area (Å²) in [4.78, 5) is 11.5. The monoisotopic (exact) mass is 498 g/mol. The van der Waals surface area contributed by atoms with E-state index in [0.717, 1.165) is 77.3 Å². The van der Waals surface area contributed by atoms with E-state index in [1.807, 2.05) is 26.2 Å². The summed E-state index contributed by atoms with van der Waals surface area (Å²) in [5.41, 5.74) is 14.3. The Labute approximate surface area is 220 Å². The van der Waals surface area contributed by atoms with E-state index in [-0.39, 0.29) is 0 Å². The first kappa shape index (κ1) is 25.1. The minimum absolute atomic E-state index is 0.356. The number of ether oxygens (including phenoxy) is 1. The Morgan fingerprint density at radius 2 is 2.03 bits per heavy atom. The summed E-state index contributed by atoms with van der Waals surface area (Å²) in [5.74, 6) is 1.54. The molecular weight excluding hydrogens is 460 g/mol. The van der Waals surface area contributed by atoms with Crippen molar-refractivity contribution < 1.29 is 4.74 Å². The number of anilines is 2. The van der Waals surface area contributed by atoms with Crippen LogP contribution in [0.1, 0.15) is 43.0 Å². The first-order valence-corrected chi connectivity index (χ1v) is 13.1. The Morgan fingerprint density at radius 3 is 2.62 bits per heavy atom. The van der Waals surface area contributed by atoms with Crippen molar-refractivity contribution in [3.05, 3.63) is 77.9 Å². The number of nitrogens with zero attached hydrogens (tertiary/aromatic N) is 3. The first-order chi connectivity index (χ1) is 17.9. The molecule has 1 aromatic carbocycles. The maximum Gasteiger partial charge on any atom is 0.103 e. The highest BCUT2D eigenvalue weighted by Gasteiger charge is 2.49. The van der Waals surface area contributed by atoms with E-state index >= 15 is 0 Å². The molecule has 1 aromatic heterocycles. The molecule has 2 aromatic rings. The number of pyridine rings is 1. The Bertz CT molecular complexity index is 1260. The Hall–Kier alpha value is -3.58. The van der Waals surface area contributed by atoms with Crippen LogP contribution in [0.2, 0.25) is 0 Å². The van der Waals surface area contributed by atoms with Crippen molar-refractivity contribution in [1.82, 2.24) is 10.3 Å². The highest BCUT2D eigenvalue weighted by Crippen LogP contribution is 2.40. The molecule has 3 fully saturated rings. The number of benzene rings is 1. The average Bonchev–Trinajstić information content (AvgIpc) is 2.82. The summed E-state index contributed by atoms with van der Waals surface area (Å²) in [6.07, 6.45) is 9.18. The molecule has 194 valence electrons. The molecule has 5 rings (SSSR count). The molecule has 4 N–H and O–H groups in total. The molecule has 0 unspecified atom stereocenters. The number of hydrogen-bond donors (Lipinski definition) is 3. The maximum absolute atomic E-state index is 6.16. The second kappa shape index (κ2) is 10.4. The topological polar surface area (TPSA) is 87.8 Å². The van der Waals surface area contributed by atoms with Gasteiger partial charge >= 0.3 is 0 Å². The summed E-state index contributed by atoms with van der Waals surface area (Å²) >= 11 is 0. The number of aryl methyl sites for hydroxylation is 1. The zero-order valence-corrected chi connectivity index (χ0v) is 22.2. The lowest BCUT2D eigenvalue weighted by atomic mass is 9.78. The van der Waals surface area contributed by atoms with Crippen LogP contribution in [-0.4, -0.2) is 44.2 Å². The molecule has 2 saturated heterocycles. The molecule has 0 bridgehead atoms. The van der Waals surface area contributed by atoms with Gasteiger partial charge in [0.2, 0.25) is 0 Å². The predicted molar refractivity (Wildman–Crippen MR) is 153 cm³/mol. The zero-order valence-electron chi connectivity index (χ0n) is 22.2. The van der Waals surface area contributed by atoms with Crippen molar-refractivity contribution in [1.29, 1.82) is 0 Å². The van der Waals surface area contributed by atoms with E-state index in [1.54, 1.807) is 6.20 Å². The van der Waals surface area contributed by atoms with E-state index < -0.39 is 0 Å². The summed E-state index contributed by atoms with van der Waals surface area (Å²) < 4.78 is 5.43. The summed E-state index contributed by atoms with van der Waals surface area (Å²) in [6.45, 7) is 12.2. The number of rotatable bonds is 8. The lowest BCUT2D eigenvalue weighted by molar-refractivity contribution is -0.127. The van der Waals surface area contributed by atoms with Crippen molar-refractivity contribution in [2.75, 3.05) is 43.6 Å². The second-order valence-electron chi connectivity index (χ2n) is 10.5. The number of aliphatic imine (C=N–C) groups is 1. The molecular formula is C30H38N6O. The number of aromatic nitrogens is 1. The van der Waals surface area contributed by atoms with Crippen LogP contribution < -0.4 is 21.3 Å². The van der Waals surface area contributed by atoms with E-state index in [2.05, 4.69) is 69.3 Å². The molecule has 7 nitrogen and oxygen atoms in total. The van der Waals surface area contributed by atoms with Crippen LogP contribution in [0.3, 0.4) is 0 Å². The van der Waals surface area contributed by atoms with Gasteiger partial charge in [-0.2, -0.15) is 0 Å². The van der Waals surface area contributed by atoms with Crippen LogP contribution in [0.25, 0.3) is 11.3 Å². The molecule has 2 aliphatic heterocycles. The minimum atomic E-state index is 0.356. The van der Waals surface area contributed by atoms with Crippen molar-refractivity contribution in [3.63, 3.8) is 0 Å². The standard InChI is InChI=1S/C30H38N6O/c1-5-26(25(15-31)28-14-24(11-12-33-28)36-16-30(17-36)18-37-19-30)35-27-13-23(10-9-20(27)2)21(3)34-29(32-4)22-7-6-8-22/h5,9-15,22,35H,3,6-8,16-19,31H2,1-2,4H3,(H,32,34)/b25-15-,26-5-. The van der Waals surface area contributed by atoms with Crippen LogP contribution in [0.15, 0.2) is 66.1 Å². The smallest absolute Gasteiger partial charge is 0.103 e. The molecule has 3 aliphatic rings. The molecule has 1 saturated carbocycles. The summed E-state index contributed by atoms with van der Waals surface area (Å²) in [5, 5.41) is 7.07. The number of amidine groups is 1. The Balaban J connectivity index is 1.32. The predicted octanol–water partition coefficient (Wildman–Crippen LogP) is 4.93. The van der Waals surface area contributed by atoms with Gasteiger partial charge in [0, 0.05) is 66.8 Å². The third kappa shape index (κ3) is 5.01. The lowest BCUT2D eigenvalue weighted by Gasteiger charge is -2.56.